The Labute approximate surface area is 430 Å². The first-order valence-electron chi connectivity index (χ1n) is 28.3. The van der Waals surface area contributed by atoms with Crippen molar-refractivity contribution < 1.29 is 58.2 Å². The standard InChI is InChI=1S/C59H100O12/c1-4-7-10-13-16-19-22-24-26-28-31-33-36-39-42-45-51(60)67-48-50(69-52(61)46-43-40-37-34-30-21-18-15-12-9-6-3)49-68-59-57(55(64)54(63)56(71-59)58(65)66)70-53(62)47-44-41-38-35-32-29-27-25-23-20-17-14-11-8-5-2/h7,10,16,19,24-27,31,33,50,54-57,59,63-64H,4-6,8-9,11-15,17-18,20-23,28-30,32,34-49H2,1-3H3,(H,65,66)/b10-7-,19-16-,26-24-,27-25-,33-31-. The molecule has 6 unspecified atom stereocenters. The van der Waals surface area contributed by atoms with Crippen LogP contribution in [-0.2, 0) is 42.9 Å². The van der Waals surface area contributed by atoms with Gasteiger partial charge in [-0.3, -0.25) is 14.4 Å². The zero-order valence-electron chi connectivity index (χ0n) is 44.7. The number of aliphatic carboxylic acids is 1. The van der Waals surface area contributed by atoms with Crippen LogP contribution in [0.1, 0.15) is 239 Å². The molecule has 3 N–H and O–H groups in total. The number of carbonyl (C=O) groups excluding carboxylic acids is 3. The fraction of sp³-hybridized carbons (Fsp3) is 0.763. The van der Waals surface area contributed by atoms with Gasteiger partial charge in [-0.1, -0.05) is 197 Å². The molecule has 0 aliphatic carbocycles. The Kier molecular flexibility index (Phi) is 43.7. The lowest BCUT2D eigenvalue weighted by molar-refractivity contribution is -0.301. The SMILES string of the molecule is CC/C=C\C/C=C\C/C=C\C/C=C\CCCCC(=O)OCC(COC1OC(C(=O)O)C(O)C(O)C1OC(=O)CCCCCCC/C=C\CCCCCCCC)OC(=O)CCCCCCCCCCCCC. The second-order valence-corrected chi connectivity index (χ2v) is 19.2. The van der Waals surface area contributed by atoms with Gasteiger partial charge in [-0.15, -0.1) is 0 Å². The molecule has 1 aliphatic rings. The van der Waals surface area contributed by atoms with Gasteiger partial charge in [0.05, 0.1) is 6.61 Å². The lowest BCUT2D eigenvalue weighted by Gasteiger charge is -2.40. The maximum Gasteiger partial charge on any atom is 0.335 e. The van der Waals surface area contributed by atoms with Crippen LogP contribution in [0.3, 0.4) is 0 Å². The predicted octanol–water partition coefficient (Wildman–Crippen LogP) is 14.0. The van der Waals surface area contributed by atoms with Gasteiger partial charge in [-0.25, -0.2) is 4.79 Å². The minimum atomic E-state index is -1.91. The molecule has 0 spiro atoms. The summed E-state index contributed by atoms with van der Waals surface area (Å²) in [6.07, 6.45) is 44.9. The topological polar surface area (TPSA) is 175 Å². The first-order chi connectivity index (χ1) is 34.6. The maximum absolute atomic E-state index is 13.1. The number of aliphatic hydroxyl groups excluding tert-OH is 2. The predicted molar refractivity (Wildman–Crippen MR) is 285 cm³/mol. The molecule has 1 rings (SSSR count). The number of ether oxygens (including phenoxy) is 5. The average Bonchev–Trinajstić information content (AvgIpc) is 3.35. The highest BCUT2D eigenvalue weighted by molar-refractivity contribution is 5.74. The normalized spacial score (nSPS) is 18.9. The maximum atomic E-state index is 13.1. The molecule has 1 heterocycles. The highest BCUT2D eigenvalue weighted by Gasteiger charge is 2.50. The van der Waals surface area contributed by atoms with Crippen LogP contribution in [0.2, 0.25) is 0 Å². The van der Waals surface area contributed by atoms with Crippen LogP contribution in [0.25, 0.3) is 0 Å². The van der Waals surface area contributed by atoms with Crippen LogP contribution in [0.4, 0.5) is 0 Å². The molecule has 0 aromatic rings. The molecular weight excluding hydrogens is 901 g/mol. The molecule has 408 valence electrons. The number of carboxylic acids is 1. The van der Waals surface area contributed by atoms with Crippen molar-refractivity contribution in [2.24, 2.45) is 0 Å². The highest BCUT2D eigenvalue weighted by Crippen LogP contribution is 2.26. The quantitative estimate of drug-likeness (QED) is 0.0228. The van der Waals surface area contributed by atoms with Gasteiger partial charge in [0.15, 0.2) is 24.6 Å². The van der Waals surface area contributed by atoms with Crippen molar-refractivity contribution in [2.75, 3.05) is 13.2 Å². The van der Waals surface area contributed by atoms with Crippen molar-refractivity contribution in [3.8, 4) is 0 Å². The summed E-state index contributed by atoms with van der Waals surface area (Å²) in [4.78, 5) is 50.9. The molecule has 6 atom stereocenters. The lowest BCUT2D eigenvalue weighted by atomic mass is 9.98. The smallest absolute Gasteiger partial charge is 0.335 e. The summed E-state index contributed by atoms with van der Waals surface area (Å²) in [5.41, 5.74) is 0. The van der Waals surface area contributed by atoms with E-state index < -0.39 is 67.3 Å². The van der Waals surface area contributed by atoms with Gasteiger partial charge in [0.2, 0.25) is 0 Å². The monoisotopic (exact) mass is 1000 g/mol. The van der Waals surface area contributed by atoms with Gasteiger partial charge < -0.3 is 39.0 Å². The van der Waals surface area contributed by atoms with Gasteiger partial charge >= 0.3 is 23.9 Å². The molecule has 0 bridgehead atoms. The van der Waals surface area contributed by atoms with E-state index in [4.69, 9.17) is 23.7 Å². The van der Waals surface area contributed by atoms with E-state index in [1.165, 1.54) is 83.5 Å². The minimum Gasteiger partial charge on any atom is -0.479 e. The Morgan fingerprint density at radius 1 is 0.479 bits per heavy atom. The van der Waals surface area contributed by atoms with Crippen molar-refractivity contribution in [2.45, 2.75) is 276 Å². The van der Waals surface area contributed by atoms with Crippen LogP contribution in [0, 0.1) is 0 Å². The fourth-order valence-electron chi connectivity index (χ4n) is 8.24. The van der Waals surface area contributed by atoms with Crippen LogP contribution in [-0.4, -0.2) is 89.2 Å². The molecule has 12 nitrogen and oxygen atoms in total. The first-order valence-corrected chi connectivity index (χ1v) is 28.3. The zero-order chi connectivity index (χ0) is 51.8. The van der Waals surface area contributed by atoms with E-state index in [2.05, 4.69) is 81.5 Å². The van der Waals surface area contributed by atoms with Crippen molar-refractivity contribution in [1.82, 2.24) is 0 Å². The molecular formula is C59H100O12. The summed E-state index contributed by atoms with van der Waals surface area (Å²) in [5.74, 6) is -3.18. The van der Waals surface area contributed by atoms with Crippen molar-refractivity contribution in [3.05, 3.63) is 60.8 Å². The number of hydrogen-bond acceptors (Lipinski definition) is 11. The zero-order valence-corrected chi connectivity index (χ0v) is 44.7. The molecule has 0 saturated carbocycles. The molecule has 0 aromatic carbocycles. The van der Waals surface area contributed by atoms with E-state index in [9.17, 15) is 34.5 Å². The number of rotatable bonds is 47. The Morgan fingerprint density at radius 3 is 1.39 bits per heavy atom. The summed E-state index contributed by atoms with van der Waals surface area (Å²) in [5, 5.41) is 31.4. The molecule has 0 amide bonds. The number of hydrogen-bond donors (Lipinski definition) is 3. The third-order valence-corrected chi connectivity index (χ3v) is 12.6. The number of unbranched alkanes of at least 4 members (excludes halogenated alkanes) is 23. The average molecular weight is 1000 g/mol. The Bertz CT molecular complexity index is 1470. The third kappa shape index (κ3) is 37.8. The van der Waals surface area contributed by atoms with Crippen LogP contribution in [0.15, 0.2) is 60.8 Å². The molecule has 1 saturated heterocycles. The van der Waals surface area contributed by atoms with Crippen LogP contribution >= 0.6 is 0 Å². The molecule has 71 heavy (non-hydrogen) atoms. The van der Waals surface area contributed by atoms with Crippen LogP contribution in [0.5, 0.6) is 0 Å². The number of aliphatic hydroxyl groups is 2. The fourth-order valence-corrected chi connectivity index (χ4v) is 8.24. The van der Waals surface area contributed by atoms with E-state index in [1.54, 1.807) is 0 Å². The molecule has 0 radical (unpaired) electrons. The largest absolute Gasteiger partial charge is 0.479 e. The second kappa shape index (κ2) is 47.4. The summed E-state index contributed by atoms with van der Waals surface area (Å²) in [6.45, 7) is 5.82. The van der Waals surface area contributed by atoms with Crippen LogP contribution < -0.4 is 0 Å². The minimum absolute atomic E-state index is 0.0469. The van der Waals surface area contributed by atoms with Gasteiger partial charge in [-0.2, -0.15) is 0 Å². The summed E-state index contributed by atoms with van der Waals surface area (Å²) in [6, 6.07) is 0. The van der Waals surface area contributed by atoms with E-state index >= 15 is 0 Å². The Morgan fingerprint density at radius 2 is 0.887 bits per heavy atom. The highest BCUT2D eigenvalue weighted by atomic mass is 16.7. The van der Waals surface area contributed by atoms with Gasteiger partial charge in [0.25, 0.3) is 0 Å². The molecule has 1 aliphatic heterocycles. The second-order valence-electron chi connectivity index (χ2n) is 19.2. The number of esters is 3. The number of allylic oxidation sites excluding steroid dienone is 10. The van der Waals surface area contributed by atoms with Gasteiger partial charge in [0.1, 0.15) is 18.8 Å². The van der Waals surface area contributed by atoms with Crippen molar-refractivity contribution in [3.63, 3.8) is 0 Å². The molecule has 12 heteroatoms. The van der Waals surface area contributed by atoms with E-state index in [1.807, 2.05) is 0 Å². The van der Waals surface area contributed by atoms with E-state index in [0.717, 1.165) is 96.3 Å². The Hall–Kier alpha value is -3.58. The molecule has 0 aromatic heterocycles. The van der Waals surface area contributed by atoms with Crippen molar-refractivity contribution in [1.29, 1.82) is 0 Å². The summed E-state index contributed by atoms with van der Waals surface area (Å²) < 4.78 is 28.3. The number of carbonyl (C=O) groups is 4. The summed E-state index contributed by atoms with van der Waals surface area (Å²) >= 11 is 0. The summed E-state index contributed by atoms with van der Waals surface area (Å²) in [7, 11) is 0. The lowest BCUT2D eigenvalue weighted by Crippen LogP contribution is -2.61. The first kappa shape index (κ1) is 65.4. The third-order valence-electron chi connectivity index (χ3n) is 12.6. The van der Waals surface area contributed by atoms with E-state index in [0.29, 0.717) is 19.3 Å². The Balaban J connectivity index is 2.73. The van der Waals surface area contributed by atoms with Crippen molar-refractivity contribution >= 4 is 23.9 Å². The van der Waals surface area contributed by atoms with Gasteiger partial charge in [-0.05, 0) is 83.5 Å². The van der Waals surface area contributed by atoms with E-state index in [-0.39, 0.29) is 25.9 Å². The van der Waals surface area contributed by atoms with Gasteiger partial charge in [0, 0.05) is 19.3 Å². The molecule has 1 fully saturated rings. The number of carboxylic acid groups (broad SMARTS) is 1.